The minimum Gasteiger partial charge on any atom is -0.497 e. The highest BCUT2D eigenvalue weighted by Crippen LogP contribution is 2.30. The Balaban J connectivity index is 1.97. The van der Waals surface area contributed by atoms with Gasteiger partial charge < -0.3 is 19.9 Å². The molecule has 118 valence electrons. The van der Waals surface area contributed by atoms with Crippen molar-refractivity contribution in [3.63, 3.8) is 0 Å². The van der Waals surface area contributed by atoms with Gasteiger partial charge in [0.2, 0.25) is 0 Å². The van der Waals surface area contributed by atoms with E-state index in [0.717, 1.165) is 42.9 Å². The Morgan fingerprint density at radius 2 is 2.00 bits per heavy atom. The summed E-state index contributed by atoms with van der Waals surface area (Å²) in [7, 11) is 3.33. The van der Waals surface area contributed by atoms with E-state index in [1.807, 2.05) is 18.2 Å². The Kier molecular flexibility index (Phi) is 5.88. The maximum atomic E-state index is 10.0. The van der Waals surface area contributed by atoms with Crippen LogP contribution in [0.15, 0.2) is 18.2 Å². The first-order valence-electron chi connectivity index (χ1n) is 7.79. The van der Waals surface area contributed by atoms with Crippen LogP contribution in [-0.4, -0.2) is 32.0 Å². The molecule has 21 heavy (non-hydrogen) atoms. The van der Waals surface area contributed by atoms with Crippen LogP contribution >= 0.6 is 0 Å². The van der Waals surface area contributed by atoms with Gasteiger partial charge in [-0.3, -0.25) is 0 Å². The minimum absolute atomic E-state index is 0.156. The molecule has 1 aliphatic rings. The van der Waals surface area contributed by atoms with Crippen LogP contribution in [0, 0.1) is 5.92 Å². The van der Waals surface area contributed by atoms with Crippen molar-refractivity contribution in [1.82, 2.24) is 5.32 Å². The van der Waals surface area contributed by atoms with Crippen molar-refractivity contribution in [2.24, 2.45) is 5.92 Å². The van der Waals surface area contributed by atoms with Crippen molar-refractivity contribution in [3.8, 4) is 11.5 Å². The molecule has 0 amide bonds. The van der Waals surface area contributed by atoms with Gasteiger partial charge in [-0.1, -0.05) is 18.9 Å². The number of hydrogen-bond donors (Lipinski definition) is 2. The molecule has 0 spiro atoms. The summed E-state index contributed by atoms with van der Waals surface area (Å²) in [4.78, 5) is 0. The van der Waals surface area contributed by atoms with Crippen LogP contribution in [0.4, 0.5) is 0 Å². The van der Waals surface area contributed by atoms with E-state index in [2.05, 4.69) is 12.2 Å². The molecule has 1 aromatic rings. The van der Waals surface area contributed by atoms with Gasteiger partial charge in [-0.25, -0.2) is 0 Å². The van der Waals surface area contributed by atoms with Gasteiger partial charge in [0.1, 0.15) is 11.5 Å². The van der Waals surface area contributed by atoms with Crippen LogP contribution in [0.5, 0.6) is 11.5 Å². The monoisotopic (exact) mass is 293 g/mol. The van der Waals surface area contributed by atoms with E-state index >= 15 is 0 Å². The number of benzene rings is 1. The van der Waals surface area contributed by atoms with Gasteiger partial charge >= 0.3 is 0 Å². The van der Waals surface area contributed by atoms with E-state index in [0.29, 0.717) is 5.92 Å². The van der Waals surface area contributed by atoms with Crippen LogP contribution in [0.2, 0.25) is 0 Å². The molecule has 2 rings (SSSR count). The van der Waals surface area contributed by atoms with Gasteiger partial charge in [-0.2, -0.15) is 0 Å². The molecule has 4 heteroatoms. The molecule has 1 saturated carbocycles. The zero-order valence-corrected chi connectivity index (χ0v) is 13.3. The molecule has 0 radical (unpaired) electrons. The highest BCUT2D eigenvalue weighted by atomic mass is 16.5. The maximum Gasteiger partial charge on any atom is 0.127 e. The predicted octanol–water partition coefficient (Wildman–Crippen LogP) is 2.91. The van der Waals surface area contributed by atoms with Gasteiger partial charge in [-0.15, -0.1) is 0 Å². The summed E-state index contributed by atoms with van der Waals surface area (Å²) in [5.74, 6) is 1.99. The normalized spacial score (nSPS) is 23.6. The maximum absolute atomic E-state index is 10.0. The van der Waals surface area contributed by atoms with Crippen LogP contribution in [-0.2, 0) is 0 Å². The van der Waals surface area contributed by atoms with Crippen molar-refractivity contribution in [1.29, 1.82) is 0 Å². The molecular formula is C17H27NO3. The first-order valence-corrected chi connectivity index (χ1v) is 7.79. The smallest absolute Gasteiger partial charge is 0.127 e. The third kappa shape index (κ3) is 4.11. The molecule has 3 unspecified atom stereocenters. The summed E-state index contributed by atoms with van der Waals surface area (Å²) in [6.07, 6.45) is 4.27. The van der Waals surface area contributed by atoms with E-state index in [9.17, 15) is 5.11 Å². The van der Waals surface area contributed by atoms with Gasteiger partial charge in [0, 0.05) is 24.2 Å². The lowest BCUT2D eigenvalue weighted by Gasteiger charge is -2.29. The quantitative estimate of drug-likeness (QED) is 0.847. The van der Waals surface area contributed by atoms with Gasteiger partial charge in [0.15, 0.2) is 0 Å². The van der Waals surface area contributed by atoms with Crippen LogP contribution in [0.3, 0.4) is 0 Å². The summed E-state index contributed by atoms with van der Waals surface area (Å²) >= 11 is 0. The number of aliphatic hydroxyl groups is 1. The van der Waals surface area contributed by atoms with Gasteiger partial charge in [0.25, 0.3) is 0 Å². The lowest BCUT2D eigenvalue weighted by molar-refractivity contribution is 0.0683. The fourth-order valence-electron chi connectivity index (χ4n) is 3.04. The molecule has 0 bridgehead atoms. The Bertz CT molecular complexity index is 450. The van der Waals surface area contributed by atoms with Gasteiger partial charge in [-0.05, 0) is 31.7 Å². The Labute approximate surface area is 127 Å². The zero-order chi connectivity index (χ0) is 15.2. The van der Waals surface area contributed by atoms with Crippen molar-refractivity contribution in [3.05, 3.63) is 23.8 Å². The molecule has 0 heterocycles. The molecule has 1 aromatic carbocycles. The molecule has 0 aromatic heterocycles. The number of aliphatic hydroxyl groups excluding tert-OH is 1. The topological polar surface area (TPSA) is 50.7 Å². The Morgan fingerprint density at radius 3 is 2.67 bits per heavy atom. The van der Waals surface area contributed by atoms with E-state index in [1.165, 1.54) is 6.42 Å². The van der Waals surface area contributed by atoms with E-state index in [4.69, 9.17) is 9.47 Å². The van der Waals surface area contributed by atoms with Crippen LogP contribution in [0.1, 0.15) is 44.2 Å². The highest BCUT2D eigenvalue weighted by molar-refractivity contribution is 5.42. The number of ether oxygens (including phenoxy) is 2. The van der Waals surface area contributed by atoms with Crippen LogP contribution < -0.4 is 14.8 Å². The second-order valence-corrected chi connectivity index (χ2v) is 5.85. The average molecular weight is 293 g/mol. The molecule has 0 saturated heterocycles. The third-order valence-corrected chi connectivity index (χ3v) is 4.46. The summed E-state index contributed by atoms with van der Waals surface area (Å²) in [5.41, 5.74) is 1.11. The van der Waals surface area contributed by atoms with Crippen LogP contribution in [0.25, 0.3) is 0 Å². The van der Waals surface area contributed by atoms with E-state index in [-0.39, 0.29) is 12.1 Å². The molecular weight excluding hydrogens is 266 g/mol. The largest absolute Gasteiger partial charge is 0.497 e. The Hall–Kier alpha value is -1.26. The molecule has 1 aliphatic carbocycles. The lowest BCUT2D eigenvalue weighted by atomic mass is 9.86. The fraction of sp³-hybridized carbons (Fsp3) is 0.647. The second kappa shape index (κ2) is 7.66. The second-order valence-electron chi connectivity index (χ2n) is 5.85. The summed E-state index contributed by atoms with van der Waals surface area (Å²) in [5, 5.41) is 13.6. The first kappa shape index (κ1) is 16.1. The molecule has 0 aliphatic heterocycles. The number of nitrogens with one attached hydrogen (secondary N) is 1. The predicted molar refractivity (Wildman–Crippen MR) is 83.9 cm³/mol. The molecule has 2 N–H and O–H groups in total. The number of rotatable bonds is 6. The van der Waals surface area contributed by atoms with Crippen molar-refractivity contribution < 1.29 is 14.6 Å². The SMILES string of the molecule is COc1ccc(C(C)NCC2CCCCC2O)c(OC)c1. The number of hydrogen-bond acceptors (Lipinski definition) is 4. The molecule has 3 atom stereocenters. The standard InChI is InChI=1S/C17H27NO3/c1-12(18-11-13-6-4-5-7-16(13)19)15-9-8-14(20-2)10-17(15)21-3/h8-10,12-13,16,18-19H,4-7,11H2,1-3H3. The Morgan fingerprint density at radius 1 is 1.24 bits per heavy atom. The molecule has 4 nitrogen and oxygen atoms in total. The van der Waals surface area contributed by atoms with E-state index in [1.54, 1.807) is 14.2 Å². The third-order valence-electron chi connectivity index (χ3n) is 4.46. The van der Waals surface area contributed by atoms with Crippen molar-refractivity contribution >= 4 is 0 Å². The summed E-state index contributed by atoms with van der Waals surface area (Å²) in [6.45, 7) is 2.97. The fourth-order valence-corrected chi connectivity index (χ4v) is 3.04. The molecule has 1 fully saturated rings. The summed E-state index contributed by atoms with van der Waals surface area (Å²) in [6, 6.07) is 6.07. The average Bonchev–Trinajstić information content (AvgIpc) is 2.53. The van der Waals surface area contributed by atoms with Crippen molar-refractivity contribution in [2.45, 2.75) is 44.8 Å². The summed E-state index contributed by atoms with van der Waals surface area (Å²) < 4.78 is 10.7. The highest BCUT2D eigenvalue weighted by Gasteiger charge is 2.23. The minimum atomic E-state index is -0.156. The zero-order valence-electron chi connectivity index (χ0n) is 13.3. The van der Waals surface area contributed by atoms with E-state index < -0.39 is 0 Å². The lowest BCUT2D eigenvalue weighted by Crippen LogP contribution is -2.35. The van der Waals surface area contributed by atoms with Crippen molar-refractivity contribution in [2.75, 3.05) is 20.8 Å². The number of methoxy groups -OCH3 is 2. The first-order chi connectivity index (χ1) is 10.2. The van der Waals surface area contributed by atoms with Gasteiger partial charge in [0.05, 0.1) is 20.3 Å².